The summed E-state index contributed by atoms with van der Waals surface area (Å²) in [5.41, 5.74) is 4.67. The number of amides is 1. The number of likely N-dealkylation sites (N-methyl/N-ethyl adjacent to an activating group) is 1. The first kappa shape index (κ1) is 15.7. The van der Waals surface area contributed by atoms with Gasteiger partial charge in [0.05, 0.1) is 25.4 Å². The largest absolute Gasteiger partial charge is 0.464 e. The molecule has 1 N–H and O–H groups in total. The van der Waals surface area contributed by atoms with Crippen molar-refractivity contribution < 1.29 is 13.9 Å². The summed E-state index contributed by atoms with van der Waals surface area (Å²) in [6.45, 7) is 3.11. The van der Waals surface area contributed by atoms with Crippen LogP contribution in [-0.2, 0) is 28.8 Å². The van der Waals surface area contributed by atoms with E-state index in [0.29, 0.717) is 13.0 Å². The summed E-state index contributed by atoms with van der Waals surface area (Å²) in [7, 11) is 2.08. The maximum Gasteiger partial charge on any atom is 0.224 e. The zero-order chi connectivity index (χ0) is 16.5. The molecule has 1 saturated heterocycles. The minimum Gasteiger partial charge on any atom is -0.464 e. The van der Waals surface area contributed by atoms with Gasteiger partial charge in [0.1, 0.15) is 5.58 Å². The zero-order valence-electron chi connectivity index (χ0n) is 14.1. The molecule has 0 saturated carbocycles. The van der Waals surface area contributed by atoms with E-state index in [1.165, 1.54) is 17.5 Å². The molecule has 128 valence electrons. The second-order valence-electron chi connectivity index (χ2n) is 6.97. The van der Waals surface area contributed by atoms with Crippen molar-refractivity contribution in [3.05, 3.63) is 35.1 Å². The molecule has 0 radical (unpaired) electrons. The number of benzene rings is 1. The van der Waals surface area contributed by atoms with E-state index in [-0.39, 0.29) is 12.0 Å². The number of morpholine rings is 1. The van der Waals surface area contributed by atoms with Crippen molar-refractivity contribution in [2.24, 2.45) is 0 Å². The van der Waals surface area contributed by atoms with Gasteiger partial charge in [-0.2, -0.15) is 0 Å². The van der Waals surface area contributed by atoms with Crippen molar-refractivity contribution in [1.29, 1.82) is 0 Å². The van der Waals surface area contributed by atoms with Crippen LogP contribution in [0.4, 0.5) is 0 Å². The van der Waals surface area contributed by atoms with Gasteiger partial charge in [0.15, 0.2) is 0 Å². The molecule has 2 aliphatic rings. The van der Waals surface area contributed by atoms with E-state index >= 15 is 0 Å². The first-order chi connectivity index (χ1) is 11.7. The van der Waals surface area contributed by atoms with Crippen LogP contribution in [0, 0.1) is 0 Å². The molecule has 1 unspecified atom stereocenters. The molecule has 1 aromatic carbocycles. The normalized spacial score (nSPS) is 21.1. The van der Waals surface area contributed by atoms with E-state index in [0.717, 1.165) is 49.1 Å². The van der Waals surface area contributed by atoms with Crippen molar-refractivity contribution in [2.45, 2.75) is 31.8 Å². The van der Waals surface area contributed by atoms with Crippen LogP contribution >= 0.6 is 0 Å². The highest BCUT2D eigenvalue weighted by Gasteiger charge is 2.20. The van der Waals surface area contributed by atoms with Crippen LogP contribution in [0.2, 0.25) is 0 Å². The molecule has 1 aromatic heterocycles. The predicted octanol–water partition coefficient (Wildman–Crippen LogP) is 1.91. The molecule has 5 heteroatoms. The number of nitrogens with zero attached hydrogens (tertiary/aromatic N) is 1. The number of carbonyl (C=O) groups is 1. The minimum atomic E-state index is 0.0232. The Morgan fingerprint density at radius 2 is 2.17 bits per heavy atom. The molecule has 1 aliphatic heterocycles. The average Bonchev–Trinajstić information content (AvgIpc) is 3.18. The third-order valence-corrected chi connectivity index (χ3v) is 5.09. The highest BCUT2D eigenvalue weighted by molar-refractivity contribution is 5.88. The lowest BCUT2D eigenvalue weighted by atomic mass is 10.0. The van der Waals surface area contributed by atoms with E-state index < -0.39 is 0 Å². The summed E-state index contributed by atoms with van der Waals surface area (Å²) in [6, 6.07) is 4.35. The van der Waals surface area contributed by atoms with Crippen molar-refractivity contribution in [3.8, 4) is 0 Å². The molecular weight excluding hydrogens is 304 g/mol. The fraction of sp³-hybridized carbons (Fsp3) is 0.526. The fourth-order valence-corrected chi connectivity index (χ4v) is 3.74. The van der Waals surface area contributed by atoms with E-state index in [1.807, 2.05) is 0 Å². The van der Waals surface area contributed by atoms with Crippen LogP contribution in [0.3, 0.4) is 0 Å². The molecule has 0 bridgehead atoms. The highest BCUT2D eigenvalue weighted by atomic mass is 16.5. The Bertz CT molecular complexity index is 752. The number of rotatable bonds is 4. The third kappa shape index (κ3) is 3.19. The molecule has 1 aliphatic carbocycles. The molecule has 1 atom stereocenters. The standard InChI is InChI=1S/C19H24N2O3/c1-21-5-6-23-16(11-21)10-20-19(22)9-15-12-24-18-8-14-4-2-3-13(14)7-17(15)18/h7-8,12,16H,2-6,9-11H2,1H3,(H,20,22). The van der Waals surface area contributed by atoms with Gasteiger partial charge in [0, 0.05) is 30.6 Å². The minimum absolute atomic E-state index is 0.0232. The van der Waals surface area contributed by atoms with Gasteiger partial charge < -0.3 is 19.4 Å². The van der Waals surface area contributed by atoms with Gasteiger partial charge >= 0.3 is 0 Å². The number of ether oxygens (including phenoxy) is 1. The van der Waals surface area contributed by atoms with E-state index in [2.05, 4.69) is 29.4 Å². The first-order valence-corrected chi connectivity index (χ1v) is 8.78. The van der Waals surface area contributed by atoms with Crippen LogP contribution in [0.25, 0.3) is 11.0 Å². The molecule has 0 spiro atoms. The van der Waals surface area contributed by atoms with Gasteiger partial charge in [-0.1, -0.05) is 0 Å². The maximum atomic E-state index is 12.3. The van der Waals surface area contributed by atoms with Gasteiger partial charge in [0.25, 0.3) is 0 Å². The molecule has 4 rings (SSSR count). The Hall–Kier alpha value is -1.85. The van der Waals surface area contributed by atoms with Crippen LogP contribution in [0.15, 0.2) is 22.8 Å². The SMILES string of the molecule is CN1CCOC(CNC(=O)Cc2coc3cc4c(cc23)CCC4)C1. The molecule has 2 heterocycles. The Balaban J connectivity index is 1.39. The Labute approximate surface area is 141 Å². The molecule has 1 amide bonds. The number of aryl methyl sites for hydroxylation is 2. The average molecular weight is 328 g/mol. The lowest BCUT2D eigenvalue weighted by Gasteiger charge is -2.30. The molecule has 24 heavy (non-hydrogen) atoms. The van der Waals surface area contributed by atoms with Gasteiger partial charge in [-0.15, -0.1) is 0 Å². The molecule has 2 aromatic rings. The van der Waals surface area contributed by atoms with E-state index in [4.69, 9.17) is 9.15 Å². The van der Waals surface area contributed by atoms with Crippen molar-refractivity contribution in [1.82, 2.24) is 10.2 Å². The van der Waals surface area contributed by atoms with Gasteiger partial charge in [-0.05, 0) is 49.6 Å². The quantitative estimate of drug-likeness (QED) is 0.931. The van der Waals surface area contributed by atoms with Crippen LogP contribution < -0.4 is 5.32 Å². The van der Waals surface area contributed by atoms with Crippen LogP contribution in [0.5, 0.6) is 0 Å². The first-order valence-electron chi connectivity index (χ1n) is 8.78. The summed E-state index contributed by atoms with van der Waals surface area (Å²) in [4.78, 5) is 14.5. The van der Waals surface area contributed by atoms with Gasteiger partial charge in [0.2, 0.25) is 5.91 Å². The summed E-state index contributed by atoms with van der Waals surface area (Å²) in [6.07, 6.45) is 5.65. The van der Waals surface area contributed by atoms with Gasteiger partial charge in [-0.3, -0.25) is 4.79 Å². The zero-order valence-corrected chi connectivity index (χ0v) is 14.1. The van der Waals surface area contributed by atoms with Crippen molar-refractivity contribution in [3.63, 3.8) is 0 Å². The summed E-state index contributed by atoms with van der Waals surface area (Å²) >= 11 is 0. The lowest BCUT2D eigenvalue weighted by Crippen LogP contribution is -2.46. The van der Waals surface area contributed by atoms with Crippen molar-refractivity contribution in [2.75, 3.05) is 33.3 Å². The Kier molecular flexibility index (Phi) is 4.29. The predicted molar refractivity (Wildman–Crippen MR) is 92.2 cm³/mol. The Morgan fingerprint density at radius 1 is 1.33 bits per heavy atom. The summed E-state index contributed by atoms with van der Waals surface area (Å²) < 4.78 is 11.4. The summed E-state index contributed by atoms with van der Waals surface area (Å²) in [5.74, 6) is 0.0232. The number of hydrogen-bond donors (Lipinski definition) is 1. The maximum absolute atomic E-state index is 12.3. The second kappa shape index (κ2) is 6.57. The number of nitrogens with one attached hydrogen (secondary N) is 1. The number of fused-ring (bicyclic) bond motifs is 2. The Morgan fingerprint density at radius 3 is 3.00 bits per heavy atom. The fourth-order valence-electron chi connectivity index (χ4n) is 3.74. The molecule has 5 nitrogen and oxygen atoms in total. The van der Waals surface area contributed by atoms with Crippen LogP contribution in [-0.4, -0.2) is 50.2 Å². The van der Waals surface area contributed by atoms with Gasteiger partial charge in [-0.25, -0.2) is 0 Å². The smallest absolute Gasteiger partial charge is 0.224 e. The second-order valence-corrected chi connectivity index (χ2v) is 6.97. The highest BCUT2D eigenvalue weighted by Crippen LogP contribution is 2.30. The van der Waals surface area contributed by atoms with E-state index in [1.54, 1.807) is 6.26 Å². The summed E-state index contributed by atoms with van der Waals surface area (Å²) in [5, 5.41) is 4.08. The molecule has 1 fully saturated rings. The van der Waals surface area contributed by atoms with Crippen LogP contribution in [0.1, 0.15) is 23.1 Å². The number of carbonyl (C=O) groups excluding carboxylic acids is 1. The monoisotopic (exact) mass is 328 g/mol. The number of hydrogen-bond acceptors (Lipinski definition) is 4. The topological polar surface area (TPSA) is 54.7 Å². The van der Waals surface area contributed by atoms with Crippen molar-refractivity contribution >= 4 is 16.9 Å². The number of furan rings is 1. The molecular formula is C19H24N2O3. The van der Waals surface area contributed by atoms with E-state index in [9.17, 15) is 4.79 Å². The third-order valence-electron chi connectivity index (χ3n) is 5.09. The lowest BCUT2D eigenvalue weighted by molar-refractivity contribution is -0.121.